The number of rotatable bonds is 8. The molecule has 0 atom stereocenters. The first-order valence-corrected chi connectivity index (χ1v) is 9.48. The van der Waals surface area contributed by atoms with Crippen molar-refractivity contribution in [3.8, 4) is 17.2 Å². The minimum Gasteiger partial charge on any atom is -0.493 e. The zero-order valence-corrected chi connectivity index (χ0v) is 18.4. The predicted molar refractivity (Wildman–Crippen MR) is 114 cm³/mol. The number of hydrogen-bond donors (Lipinski definition) is 0. The highest BCUT2D eigenvalue weighted by Crippen LogP contribution is 2.38. The number of benzene rings is 2. The third-order valence-electron chi connectivity index (χ3n) is 4.64. The van der Waals surface area contributed by atoms with Crippen LogP contribution in [0.1, 0.15) is 50.8 Å². The molecule has 0 unspecified atom stereocenters. The van der Waals surface area contributed by atoms with Crippen LogP contribution in [-0.2, 0) is 4.84 Å². The first-order valence-electron chi connectivity index (χ1n) is 9.48. The van der Waals surface area contributed by atoms with Crippen LogP contribution in [0.4, 0.5) is 0 Å². The number of Topliss-reactive ketones (excluding diaryl/α,β-unsaturated/α-hetero) is 1. The average molecular weight is 413 g/mol. The van der Waals surface area contributed by atoms with Gasteiger partial charge in [-0.05, 0) is 50.5 Å². The first kappa shape index (κ1) is 22.9. The Balaban J connectivity index is 2.33. The third kappa shape index (κ3) is 4.79. The molecule has 0 aromatic heterocycles. The zero-order valence-electron chi connectivity index (χ0n) is 18.4. The summed E-state index contributed by atoms with van der Waals surface area (Å²) in [6.45, 7) is 7.51. The van der Waals surface area contributed by atoms with E-state index in [9.17, 15) is 9.59 Å². The Morgan fingerprint density at radius 3 is 1.83 bits per heavy atom. The summed E-state index contributed by atoms with van der Waals surface area (Å²) in [4.78, 5) is 30.6. The van der Waals surface area contributed by atoms with Crippen molar-refractivity contribution in [2.24, 2.45) is 5.16 Å². The van der Waals surface area contributed by atoms with Crippen molar-refractivity contribution in [2.75, 3.05) is 21.3 Å². The summed E-state index contributed by atoms with van der Waals surface area (Å²) >= 11 is 0. The Morgan fingerprint density at radius 1 is 0.867 bits per heavy atom. The Bertz CT molecular complexity index is 945. The van der Waals surface area contributed by atoms with Crippen molar-refractivity contribution in [3.63, 3.8) is 0 Å². The van der Waals surface area contributed by atoms with Gasteiger partial charge in [0.1, 0.15) is 5.71 Å². The van der Waals surface area contributed by atoms with Gasteiger partial charge in [-0.3, -0.25) is 4.79 Å². The Morgan fingerprint density at radius 2 is 1.40 bits per heavy atom. The maximum Gasteiger partial charge on any atom is 0.366 e. The molecule has 7 nitrogen and oxygen atoms in total. The number of oxime groups is 1. The Labute approximate surface area is 176 Å². The summed E-state index contributed by atoms with van der Waals surface area (Å²) in [7, 11) is 4.37. The van der Waals surface area contributed by atoms with Crippen molar-refractivity contribution >= 4 is 17.5 Å². The molecule has 0 N–H and O–H groups in total. The smallest absolute Gasteiger partial charge is 0.366 e. The average Bonchev–Trinajstić information content (AvgIpc) is 2.71. The van der Waals surface area contributed by atoms with E-state index >= 15 is 0 Å². The van der Waals surface area contributed by atoms with Crippen LogP contribution >= 0.6 is 0 Å². The van der Waals surface area contributed by atoms with E-state index in [2.05, 4.69) is 5.16 Å². The van der Waals surface area contributed by atoms with Gasteiger partial charge in [-0.1, -0.05) is 29.8 Å². The van der Waals surface area contributed by atoms with E-state index < -0.39 is 5.97 Å². The largest absolute Gasteiger partial charge is 0.493 e. The molecule has 2 aromatic carbocycles. The molecule has 0 fully saturated rings. The molecular weight excluding hydrogens is 386 g/mol. The van der Waals surface area contributed by atoms with E-state index in [1.54, 1.807) is 6.92 Å². The Kier molecular flexibility index (Phi) is 7.58. The van der Waals surface area contributed by atoms with Crippen molar-refractivity contribution < 1.29 is 28.6 Å². The van der Waals surface area contributed by atoms with Gasteiger partial charge in [0.2, 0.25) is 11.5 Å². The topological polar surface area (TPSA) is 83.4 Å². The van der Waals surface area contributed by atoms with E-state index in [-0.39, 0.29) is 17.1 Å². The van der Waals surface area contributed by atoms with Gasteiger partial charge in [0.15, 0.2) is 11.5 Å². The molecule has 0 saturated heterocycles. The molecule has 0 amide bonds. The molecule has 0 aliphatic carbocycles. The van der Waals surface area contributed by atoms with Gasteiger partial charge in [0.05, 0.1) is 26.9 Å². The molecule has 0 spiro atoms. The second kappa shape index (κ2) is 9.91. The lowest BCUT2D eigenvalue weighted by Crippen LogP contribution is -2.18. The fourth-order valence-electron chi connectivity index (χ4n) is 3.30. The summed E-state index contributed by atoms with van der Waals surface area (Å²) in [5.74, 6) is -0.0266. The molecule has 0 bridgehead atoms. The normalized spacial score (nSPS) is 11.1. The SMILES string of the molecule is CC/C(=N\OC(=O)c1cc(OC)c(OC)c(OC)c1)C(=O)c1c(C)cc(C)cc1C. The molecule has 2 aromatic rings. The van der Waals surface area contributed by atoms with Gasteiger partial charge in [-0.15, -0.1) is 0 Å². The molecular formula is C23H27NO6. The van der Waals surface area contributed by atoms with Crippen LogP contribution in [0, 0.1) is 20.8 Å². The van der Waals surface area contributed by atoms with Crippen molar-refractivity contribution in [1.29, 1.82) is 0 Å². The van der Waals surface area contributed by atoms with Crippen molar-refractivity contribution in [2.45, 2.75) is 34.1 Å². The number of carbonyl (C=O) groups excluding carboxylic acids is 2. The van der Waals surface area contributed by atoms with Gasteiger partial charge >= 0.3 is 5.97 Å². The van der Waals surface area contributed by atoms with Crippen molar-refractivity contribution in [1.82, 2.24) is 0 Å². The number of methoxy groups -OCH3 is 3. The molecule has 2 rings (SSSR count). The number of carbonyl (C=O) groups is 2. The number of nitrogens with zero attached hydrogens (tertiary/aromatic N) is 1. The standard InChI is InChI=1S/C23H27NO6/c1-8-17(21(25)20-14(3)9-13(2)10-15(20)4)24-30-23(26)16-11-18(27-5)22(29-7)19(12-16)28-6/h9-12H,8H2,1-7H3/b24-17+. The molecule has 0 radical (unpaired) electrons. The summed E-state index contributed by atoms with van der Waals surface area (Å²) in [6, 6.07) is 6.80. The fraction of sp³-hybridized carbons (Fsp3) is 0.348. The molecule has 0 aliphatic heterocycles. The predicted octanol–water partition coefficient (Wildman–Crippen LogP) is 4.44. The summed E-state index contributed by atoms with van der Waals surface area (Å²) in [5.41, 5.74) is 3.67. The van der Waals surface area contributed by atoms with Crippen LogP contribution in [0.2, 0.25) is 0 Å². The first-order chi connectivity index (χ1) is 14.3. The Hall–Kier alpha value is -3.35. The van der Waals surface area contributed by atoms with Crippen LogP contribution in [0.25, 0.3) is 0 Å². The minimum atomic E-state index is -0.745. The quantitative estimate of drug-likeness (QED) is 0.275. The van der Waals surface area contributed by atoms with Gasteiger partial charge in [-0.25, -0.2) is 4.79 Å². The molecule has 160 valence electrons. The summed E-state index contributed by atoms with van der Waals surface area (Å²) in [5, 5.41) is 3.86. The second-order valence-electron chi connectivity index (χ2n) is 6.79. The molecule has 7 heteroatoms. The lowest BCUT2D eigenvalue weighted by molar-refractivity contribution is 0.0514. The highest BCUT2D eigenvalue weighted by molar-refractivity contribution is 6.46. The van der Waals surface area contributed by atoms with Crippen molar-refractivity contribution in [3.05, 3.63) is 52.1 Å². The lowest BCUT2D eigenvalue weighted by Gasteiger charge is -2.13. The molecule has 0 heterocycles. The fourth-order valence-corrected chi connectivity index (χ4v) is 3.30. The zero-order chi connectivity index (χ0) is 22.4. The molecule has 30 heavy (non-hydrogen) atoms. The number of ether oxygens (including phenoxy) is 3. The van der Waals surface area contributed by atoms with Gasteiger partial charge in [0, 0.05) is 5.56 Å². The van der Waals surface area contributed by atoms with Crippen LogP contribution in [0.15, 0.2) is 29.4 Å². The van der Waals surface area contributed by atoms with E-state index in [0.717, 1.165) is 16.7 Å². The number of ketones is 1. The number of aryl methyl sites for hydroxylation is 3. The molecule has 0 aliphatic rings. The van der Waals surface area contributed by atoms with E-state index in [4.69, 9.17) is 19.0 Å². The van der Waals surface area contributed by atoms with E-state index in [1.165, 1.54) is 33.5 Å². The van der Waals surface area contributed by atoms with Gasteiger partial charge in [-0.2, -0.15) is 0 Å². The van der Waals surface area contributed by atoms with Crippen LogP contribution < -0.4 is 14.2 Å². The van der Waals surface area contributed by atoms with Gasteiger partial charge in [0.25, 0.3) is 0 Å². The highest BCUT2D eigenvalue weighted by Gasteiger charge is 2.21. The molecule has 0 saturated carbocycles. The monoisotopic (exact) mass is 413 g/mol. The third-order valence-corrected chi connectivity index (χ3v) is 4.64. The van der Waals surface area contributed by atoms with Crippen LogP contribution in [-0.4, -0.2) is 38.8 Å². The maximum atomic E-state index is 13.0. The maximum absolute atomic E-state index is 13.0. The lowest BCUT2D eigenvalue weighted by atomic mass is 9.94. The highest BCUT2D eigenvalue weighted by atomic mass is 16.7. The number of hydrogen-bond acceptors (Lipinski definition) is 7. The minimum absolute atomic E-state index is 0.152. The van der Waals surface area contributed by atoms with Crippen LogP contribution in [0.3, 0.4) is 0 Å². The summed E-state index contributed by atoms with van der Waals surface area (Å²) < 4.78 is 15.7. The van der Waals surface area contributed by atoms with E-state index in [0.29, 0.717) is 29.2 Å². The van der Waals surface area contributed by atoms with Crippen LogP contribution in [0.5, 0.6) is 17.2 Å². The second-order valence-corrected chi connectivity index (χ2v) is 6.79. The van der Waals surface area contributed by atoms with Gasteiger partial charge < -0.3 is 19.0 Å². The van der Waals surface area contributed by atoms with E-state index in [1.807, 2.05) is 32.9 Å². The summed E-state index contributed by atoms with van der Waals surface area (Å²) in [6.07, 6.45) is 0.314.